The lowest BCUT2D eigenvalue weighted by Gasteiger charge is -2.21. The molecule has 0 saturated carbocycles. The molecule has 0 radical (unpaired) electrons. The molecule has 1 aliphatic heterocycles. The molecule has 5 heteroatoms. The second-order valence-corrected chi connectivity index (χ2v) is 3.84. The van der Waals surface area contributed by atoms with Crippen molar-refractivity contribution in [2.24, 2.45) is 5.92 Å². The summed E-state index contributed by atoms with van der Waals surface area (Å²) in [6, 6.07) is 3.68. The molecule has 1 aromatic heterocycles. The topological polar surface area (TPSA) is 54.3 Å². The maximum atomic E-state index is 11.7. The van der Waals surface area contributed by atoms with Crippen molar-refractivity contribution in [3.05, 3.63) is 24.2 Å². The van der Waals surface area contributed by atoms with E-state index in [1.54, 1.807) is 6.26 Å². The summed E-state index contributed by atoms with van der Waals surface area (Å²) in [5, 5.41) is 6.11. The monoisotopic (exact) mass is 244 g/mol. The second kappa shape index (κ2) is 6.55. The molecule has 16 heavy (non-hydrogen) atoms. The van der Waals surface area contributed by atoms with Crippen LogP contribution in [0.5, 0.6) is 0 Å². The number of nitrogens with one attached hydrogen (secondary N) is 2. The quantitative estimate of drug-likeness (QED) is 0.843. The SMILES string of the molecule is Cl.O=C(NCc1ccco1)[C@@H]1CCCNC1. The Morgan fingerprint density at radius 1 is 1.62 bits per heavy atom. The summed E-state index contributed by atoms with van der Waals surface area (Å²) in [5.74, 6) is 1.04. The predicted octanol–water partition coefficient (Wildman–Crippen LogP) is 1.32. The van der Waals surface area contributed by atoms with Crippen molar-refractivity contribution in [2.45, 2.75) is 19.4 Å². The van der Waals surface area contributed by atoms with E-state index in [0.29, 0.717) is 6.54 Å². The number of hydrogen-bond donors (Lipinski definition) is 2. The van der Waals surface area contributed by atoms with E-state index in [4.69, 9.17) is 4.42 Å². The van der Waals surface area contributed by atoms with Gasteiger partial charge in [0.05, 0.1) is 18.7 Å². The van der Waals surface area contributed by atoms with Gasteiger partial charge in [0.25, 0.3) is 0 Å². The largest absolute Gasteiger partial charge is 0.467 e. The van der Waals surface area contributed by atoms with Crippen LogP contribution in [0.2, 0.25) is 0 Å². The smallest absolute Gasteiger partial charge is 0.224 e. The van der Waals surface area contributed by atoms with Crippen LogP contribution in [0.25, 0.3) is 0 Å². The molecule has 0 bridgehead atoms. The summed E-state index contributed by atoms with van der Waals surface area (Å²) in [7, 11) is 0. The number of carbonyl (C=O) groups excluding carboxylic acids is 1. The Bertz CT molecular complexity index is 308. The van der Waals surface area contributed by atoms with Gasteiger partial charge in [0.2, 0.25) is 5.91 Å². The molecule has 1 aromatic rings. The maximum Gasteiger partial charge on any atom is 0.224 e. The molecule has 90 valence electrons. The predicted molar refractivity (Wildman–Crippen MR) is 63.4 cm³/mol. The Hall–Kier alpha value is -1.00. The first kappa shape index (κ1) is 13.1. The fourth-order valence-electron chi connectivity index (χ4n) is 1.81. The van der Waals surface area contributed by atoms with Gasteiger partial charge in [0.15, 0.2) is 0 Å². The fraction of sp³-hybridized carbons (Fsp3) is 0.545. The average Bonchev–Trinajstić information content (AvgIpc) is 2.80. The Morgan fingerprint density at radius 2 is 2.50 bits per heavy atom. The highest BCUT2D eigenvalue weighted by atomic mass is 35.5. The van der Waals surface area contributed by atoms with Crippen molar-refractivity contribution in [2.75, 3.05) is 13.1 Å². The van der Waals surface area contributed by atoms with E-state index in [1.165, 1.54) is 0 Å². The van der Waals surface area contributed by atoms with Gasteiger partial charge in [-0.3, -0.25) is 4.79 Å². The number of piperidine rings is 1. The number of furan rings is 1. The fourth-order valence-corrected chi connectivity index (χ4v) is 1.81. The molecule has 4 nitrogen and oxygen atoms in total. The highest BCUT2D eigenvalue weighted by Crippen LogP contribution is 2.10. The molecule has 2 N–H and O–H groups in total. The molecule has 2 rings (SSSR count). The number of carbonyl (C=O) groups is 1. The van der Waals surface area contributed by atoms with Gasteiger partial charge in [-0.1, -0.05) is 0 Å². The Labute approximate surface area is 101 Å². The van der Waals surface area contributed by atoms with E-state index in [2.05, 4.69) is 10.6 Å². The van der Waals surface area contributed by atoms with Crippen LogP contribution in [0.15, 0.2) is 22.8 Å². The highest BCUT2D eigenvalue weighted by Gasteiger charge is 2.20. The standard InChI is InChI=1S/C11H16N2O2.ClH/c14-11(9-3-1-5-12-7-9)13-8-10-4-2-6-15-10;/h2,4,6,9,12H,1,3,5,7-8H2,(H,13,14);1H/t9-;/m1./s1. The first-order chi connectivity index (χ1) is 7.36. The van der Waals surface area contributed by atoms with Gasteiger partial charge in [-0.2, -0.15) is 0 Å². The van der Waals surface area contributed by atoms with Crippen molar-refractivity contribution in [1.82, 2.24) is 10.6 Å². The van der Waals surface area contributed by atoms with E-state index in [9.17, 15) is 4.79 Å². The van der Waals surface area contributed by atoms with Gasteiger partial charge in [0.1, 0.15) is 5.76 Å². The van der Waals surface area contributed by atoms with Gasteiger partial charge in [0, 0.05) is 6.54 Å². The molecule has 0 spiro atoms. The Balaban J connectivity index is 0.00000128. The van der Waals surface area contributed by atoms with Gasteiger partial charge < -0.3 is 15.1 Å². The van der Waals surface area contributed by atoms with Crippen molar-refractivity contribution >= 4 is 18.3 Å². The van der Waals surface area contributed by atoms with E-state index in [1.807, 2.05) is 12.1 Å². The molecule has 2 heterocycles. The molecule has 1 fully saturated rings. The zero-order valence-electron chi connectivity index (χ0n) is 9.07. The third-order valence-corrected chi connectivity index (χ3v) is 2.68. The van der Waals surface area contributed by atoms with Crippen LogP contribution in [0, 0.1) is 5.92 Å². The number of halogens is 1. The maximum absolute atomic E-state index is 11.7. The average molecular weight is 245 g/mol. The van der Waals surface area contributed by atoms with Crippen LogP contribution >= 0.6 is 12.4 Å². The summed E-state index contributed by atoms with van der Waals surface area (Å²) in [6.07, 6.45) is 3.68. The van der Waals surface area contributed by atoms with Crippen LogP contribution in [-0.2, 0) is 11.3 Å². The minimum absolute atomic E-state index is 0. The molecule has 0 aromatic carbocycles. The first-order valence-corrected chi connectivity index (χ1v) is 5.37. The van der Waals surface area contributed by atoms with Crippen LogP contribution in [0.3, 0.4) is 0 Å². The van der Waals surface area contributed by atoms with E-state index in [-0.39, 0.29) is 24.2 Å². The lowest BCUT2D eigenvalue weighted by molar-refractivity contribution is -0.125. The number of amides is 1. The summed E-state index contributed by atoms with van der Waals surface area (Å²) < 4.78 is 5.14. The van der Waals surface area contributed by atoms with Crippen LogP contribution in [-0.4, -0.2) is 19.0 Å². The van der Waals surface area contributed by atoms with Gasteiger partial charge in [-0.05, 0) is 31.5 Å². The van der Waals surface area contributed by atoms with Crippen molar-refractivity contribution < 1.29 is 9.21 Å². The molecular weight excluding hydrogens is 228 g/mol. The normalized spacial score (nSPS) is 19.9. The summed E-state index contributed by atoms with van der Waals surface area (Å²) in [6.45, 7) is 2.31. The molecule has 1 saturated heterocycles. The minimum atomic E-state index is 0. The lowest BCUT2D eigenvalue weighted by Crippen LogP contribution is -2.40. The zero-order chi connectivity index (χ0) is 10.5. The van der Waals surface area contributed by atoms with E-state index in [0.717, 1.165) is 31.7 Å². The molecular formula is C11H17ClN2O2. The molecule has 0 unspecified atom stereocenters. The van der Waals surface area contributed by atoms with Gasteiger partial charge in [-0.15, -0.1) is 12.4 Å². The van der Waals surface area contributed by atoms with E-state index < -0.39 is 0 Å². The third kappa shape index (κ3) is 3.54. The summed E-state index contributed by atoms with van der Waals surface area (Å²) in [5.41, 5.74) is 0. The Morgan fingerprint density at radius 3 is 3.12 bits per heavy atom. The van der Waals surface area contributed by atoms with E-state index >= 15 is 0 Å². The summed E-state index contributed by atoms with van der Waals surface area (Å²) >= 11 is 0. The summed E-state index contributed by atoms with van der Waals surface area (Å²) in [4.78, 5) is 11.7. The third-order valence-electron chi connectivity index (χ3n) is 2.68. The molecule has 1 amide bonds. The first-order valence-electron chi connectivity index (χ1n) is 5.37. The van der Waals surface area contributed by atoms with Gasteiger partial charge in [-0.25, -0.2) is 0 Å². The number of rotatable bonds is 3. The van der Waals surface area contributed by atoms with Crippen LogP contribution < -0.4 is 10.6 Å². The molecule has 0 aliphatic carbocycles. The van der Waals surface area contributed by atoms with Crippen molar-refractivity contribution in [3.63, 3.8) is 0 Å². The van der Waals surface area contributed by atoms with Crippen LogP contribution in [0.1, 0.15) is 18.6 Å². The van der Waals surface area contributed by atoms with Crippen LogP contribution in [0.4, 0.5) is 0 Å². The second-order valence-electron chi connectivity index (χ2n) is 3.84. The lowest BCUT2D eigenvalue weighted by atomic mass is 9.99. The highest BCUT2D eigenvalue weighted by molar-refractivity contribution is 5.85. The molecule has 1 aliphatic rings. The van der Waals surface area contributed by atoms with Gasteiger partial charge >= 0.3 is 0 Å². The van der Waals surface area contributed by atoms with Crippen molar-refractivity contribution in [3.8, 4) is 0 Å². The Kier molecular flexibility index (Phi) is 5.35. The molecule has 1 atom stereocenters. The minimum Gasteiger partial charge on any atom is -0.467 e. The zero-order valence-corrected chi connectivity index (χ0v) is 9.89. The number of hydrogen-bond acceptors (Lipinski definition) is 3. The van der Waals surface area contributed by atoms with Crippen molar-refractivity contribution in [1.29, 1.82) is 0 Å².